The van der Waals surface area contributed by atoms with Crippen LogP contribution in [0.2, 0.25) is 5.02 Å². The van der Waals surface area contributed by atoms with Crippen LogP contribution >= 0.6 is 11.6 Å². The quantitative estimate of drug-likeness (QED) is 0.908. The summed E-state index contributed by atoms with van der Waals surface area (Å²) in [6.45, 7) is 0. The lowest BCUT2D eigenvalue weighted by atomic mass is 9.92. The molecule has 0 saturated heterocycles. The molecule has 1 aromatic carbocycles. The molecule has 1 aliphatic rings. The van der Waals surface area contributed by atoms with E-state index in [2.05, 4.69) is 0 Å². The third kappa shape index (κ3) is 3.25. The molecule has 0 radical (unpaired) electrons. The molecule has 0 atom stereocenters. The molecule has 1 amide bonds. The fourth-order valence-corrected chi connectivity index (χ4v) is 2.63. The summed E-state index contributed by atoms with van der Waals surface area (Å²) >= 11 is 5.80. The molecular weight excluding hydrogens is 269 g/mol. The van der Waals surface area contributed by atoms with Crippen LogP contribution < -0.4 is 0 Å². The van der Waals surface area contributed by atoms with Gasteiger partial charge in [-0.1, -0.05) is 11.6 Å². The summed E-state index contributed by atoms with van der Waals surface area (Å²) in [5.74, 6) is -0.918. The van der Waals surface area contributed by atoms with Crippen molar-refractivity contribution in [2.24, 2.45) is 0 Å². The number of amides is 1. The standard InChI is InChI=1S/C14H17ClFNO2/c1-17(10-3-5-11(18)6-4-10)14(19)12-8-9(15)2-7-13(12)16/h2,7-8,10-11,18H,3-6H2,1H3. The first-order valence-electron chi connectivity index (χ1n) is 6.39. The van der Waals surface area contributed by atoms with Crippen LogP contribution in [-0.4, -0.2) is 35.1 Å². The van der Waals surface area contributed by atoms with Crippen molar-refractivity contribution in [2.45, 2.75) is 37.8 Å². The molecule has 1 aromatic rings. The number of carbonyl (C=O) groups excluding carboxylic acids is 1. The molecule has 1 aliphatic carbocycles. The second-order valence-corrected chi connectivity index (χ2v) is 5.44. The summed E-state index contributed by atoms with van der Waals surface area (Å²) in [6.07, 6.45) is 2.57. The predicted molar refractivity (Wildman–Crippen MR) is 71.8 cm³/mol. The SMILES string of the molecule is CN(C(=O)c1cc(Cl)ccc1F)C1CCC(O)CC1. The van der Waals surface area contributed by atoms with Crippen molar-refractivity contribution >= 4 is 17.5 Å². The minimum atomic E-state index is -0.558. The highest BCUT2D eigenvalue weighted by Gasteiger charge is 2.27. The molecule has 1 N–H and O–H groups in total. The van der Waals surface area contributed by atoms with Crippen molar-refractivity contribution in [3.05, 3.63) is 34.6 Å². The average Bonchev–Trinajstić information content (AvgIpc) is 2.41. The number of halogens is 2. The molecule has 0 bridgehead atoms. The van der Waals surface area contributed by atoms with Crippen LogP contribution in [0.3, 0.4) is 0 Å². The predicted octanol–water partition coefficient (Wildman–Crippen LogP) is 2.85. The van der Waals surface area contributed by atoms with E-state index < -0.39 is 5.82 Å². The first-order chi connectivity index (χ1) is 8.99. The Morgan fingerprint density at radius 3 is 2.63 bits per heavy atom. The Bertz CT molecular complexity index is 473. The average molecular weight is 286 g/mol. The topological polar surface area (TPSA) is 40.5 Å². The second-order valence-electron chi connectivity index (χ2n) is 5.00. The van der Waals surface area contributed by atoms with Gasteiger partial charge in [0.2, 0.25) is 0 Å². The van der Waals surface area contributed by atoms with Crippen molar-refractivity contribution in [3.63, 3.8) is 0 Å². The van der Waals surface area contributed by atoms with Crippen LogP contribution in [0.15, 0.2) is 18.2 Å². The van der Waals surface area contributed by atoms with E-state index in [9.17, 15) is 14.3 Å². The summed E-state index contributed by atoms with van der Waals surface area (Å²) in [7, 11) is 1.67. The van der Waals surface area contributed by atoms with E-state index in [1.165, 1.54) is 18.2 Å². The van der Waals surface area contributed by atoms with Gasteiger partial charge >= 0.3 is 0 Å². The Labute approximate surface area is 117 Å². The Balaban J connectivity index is 2.12. The van der Waals surface area contributed by atoms with Gasteiger partial charge in [0.25, 0.3) is 5.91 Å². The highest BCUT2D eigenvalue weighted by atomic mass is 35.5. The van der Waals surface area contributed by atoms with E-state index in [0.717, 1.165) is 12.8 Å². The Morgan fingerprint density at radius 2 is 2.00 bits per heavy atom. The van der Waals surface area contributed by atoms with Gasteiger partial charge in [0.05, 0.1) is 11.7 Å². The molecule has 1 saturated carbocycles. The molecule has 2 rings (SSSR count). The largest absolute Gasteiger partial charge is 0.393 e. The number of carbonyl (C=O) groups is 1. The molecule has 0 aromatic heterocycles. The van der Waals surface area contributed by atoms with Gasteiger partial charge in [-0.15, -0.1) is 0 Å². The van der Waals surface area contributed by atoms with Gasteiger partial charge in [0, 0.05) is 18.1 Å². The van der Waals surface area contributed by atoms with E-state index in [-0.39, 0.29) is 23.6 Å². The zero-order valence-corrected chi connectivity index (χ0v) is 11.5. The van der Waals surface area contributed by atoms with Gasteiger partial charge in [-0.25, -0.2) is 4.39 Å². The van der Waals surface area contributed by atoms with Gasteiger partial charge in [-0.3, -0.25) is 4.79 Å². The molecule has 0 spiro atoms. The molecule has 5 heteroatoms. The van der Waals surface area contributed by atoms with Crippen molar-refractivity contribution in [1.29, 1.82) is 0 Å². The first kappa shape index (κ1) is 14.3. The Hall–Kier alpha value is -1.13. The van der Waals surface area contributed by atoms with E-state index in [1.807, 2.05) is 0 Å². The lowest BCUT2D eigenvalue weighted by molar-refractivity contribution is 0.0565. The number of hydrogen-bond acceptors (Lipinski definition) is 2. The van der Waals surface area contributed by atoms with Gasteiger partial charge in [0.1, 0.15) is 5.82 Å². The van der Waals surface area contributed by atoms with Crippen LogP contribution in [0.4, 0.5) is 4.39 Å². The molecule has 0 unspecified atom stereocenters. The maximum absolute atomic E-state index is 13.7. The van der Waals surface area contributed by atoms with Crippen LogP contribution in [-0.2, 0) is 0 Å². The van der Waals surface area contributed by atoms with Crippen molar-refractivity contribution in [2.75, 3.05) is 7.05 Å². The van der Waals surface area contributed by atoms with E-state index in [1.54, 1.807) is 11.9 Å². The van der Waals surface area contributed by atoms with Gasteiger partial charge in [0.15, 0.2) is 0 Å². The van der Waals surface area contributed by atoms with Crippen LogP contribution in [0.1, 0.15) is 36.0 Å². The first-order valence-corrected chi connectivity index (χ1v) is 6.77. The third-order valence-electron chi connectivity index (χ3n) is 3.69. The lowest BCUT2D eigenvalue weighted by Gasteiger charge is -2.33. The number of nitrogens with zero attached hydrogens (tertiary/aromatic N) is 1. The zero-order chi connectivity index (χ0) is 14.0. The normalized spacial score (nSPS) is 23.2. The maximum Gasteiger partial charge on any atom is 0.256 e. The highest BCUT2D eigenvalue weighted by molar-refractivity contribution is 6.31. The highest BCUT2D eigenvalue weighted by Crippen LogP contribution is 2.24. The zero-order valence-electron chi connectivity index (χ0n) is 10.8. The van der Waals surface area contributed by atoms with Crippen LogP contribution in [0, 0.1) is 5.82 Å². The second kappa shape index (κ2) is 5.88. The van der Waals surface area contributed by atoms with Gasteiger partial charge < -0.3 is 10.0 Å². The number of hydrogen-bond donors (Lipinski definition) is 1. The molecule has 104 valence electrons. The maximum atomic E-state index is 13.7. The number of aliphatic hydroxyl groups is 1. The summed E-state index contributed by atoms with van der Waals surface area (Å²) in [5, 5.41) is 9.81. The fourth-order valence-electron chi connectivity index (χ4n) is 2.46. The van der Waals surface area contributed by atoms with Gasteiger partial charge in [-0.2, -0.15) is 0 Å². The monoisotopic (exact) mass is 285 g/mol. The minimum Gasteiger partial charge on any atom is -0.393 e. The van der Waals surface area contributed by atoms with Crippen LogP contribution in [0.25, 0.3) is 0 Å². The summed E-state index contributed by atoms with van der Waals surface area (Å²) in [6, 6.07) is 4.03. The van der Waals surface area contributed by atoms with E-state index >= 15 is 0 Å². The molecule has 19 heavy (non-hydrogen) atoms. The summed E-state index contributed by atoms with van der Waals surface area (Å²) < 4.78 is 13.7. The Kier molecular flexibility index (Phi) is 4.42. The number of aliphatic hydroxyl groups excluding tert-OH is 1. The summed E-state index contributed by atoms with van der Waals surface area (Å²) in [5.41, 5.74) is 0.00104. The molecule has 3 nitrogen and oxygen atoms in total. The molecule has 1 fully saturated rings. The minimum absolute atomic E-state index is 0.00104. The number of rotatable bonds is 2. The van der Waals surface area contributed by atoms with E-state index in [0.29, 0.717) is 17.9 Å². The Morgan fingerprint density at radius 1 is 1.37 bits per heavy atom. The molecule has 0 heterocycles. The smallest absolute Gasteiger partial charge is 0.256 e. The molecular formula is C14H17ClFNO2. The van der Waals surface area contributed by atoms with Crippen molar-refractivity contribution < 1.29 is 14.3 Å². The number of benzene rings is 1. The van der Waals surface area contributed by atoms with Crippen LogP contribution in [0.5, 0.6) is 0 Å². The van der Waals surface area contributed by atoms with Crippen molar-refractivity contribution in [1.82, 2.24) is 4.90 Å². The summed E-state index contributed by atoms with van der Waals surface area (Å²) in [4.78, 5) is 13.8. The lowest BCUT2D eigenvalue weighted by Crippen LogP contribution is -2.40. The van der Waals surface area contributed by atoms with Gasteiger partial charge in [-0.05, 0) is 43.9 Å². The van der Waals surface area contributed by atoms with E-state index in [4.69, 9.17) is 11.6 Å². The third-order valence-corrected chi connectivity index (χ3v) is 3.93. The van der Waals surface area contributed by atoms with Crippen molar-refractivity contribution in [3.8, 4) is 0 Å². The fraction of sp³-hybridized carbons (Fsp3) is 0.500. The molecule has 0 aliphatic heterocycles.